The van der Waals surface area contributed by atoms with Crippen molar-refractivity contribution in [3.8, 4) is 0 Å². The highest BCUT2D eigenvalue weighted by molar-refractivity contribution is 5.87. The van der Waals surface area contributed by atoms with Crippen LogP contribution in [0.5, 0.6) is 0 Å². The molecule has 1 aliphatic rings. The van der Waals surface area contributed by atoms with Crippen molar-refractivity contribution in [2.75, 3.05) is 0 Å². The zero-order valence-electron chi connectivity index (χ0n) is 15.6. The molecule has 5 heteroatoms. The van der Waals surface area contributed by atoms with Crippen LogP contribution in [0.1, 0.15) is 64.7 Å². The van der Waals surface area contributed by atoms with Crippen LogP contribution in [-0.2, 0) is 9.59 Å². The van der Waals surface area contributed by atoms with Crippen LogP contribution in [0.15, 0.2) is 36.5 Å². The van der Waals surface area contributed by atoms with Gasteiger partial charge in [0.15, 0.2) is 0 Å². The van der Waals surface area contributed by atoms with E-state index in [4.69, 9.17) is 5.11 Å². The molecule has 0 radical (unpaired) electrons. The highest BCUT2D eigenvalue weighted by Crippen LogP contribution is 2.37. The second-order valence-corrected chi connectivity index (χ2v) is 7.00. The van der Waals surface area contributed by atoms with Crippen LogP contribution in [0.3, 0.4) is 0 Å². The summed E-state index contributed by atoms with van der Waals surface area (Å²) in [7, 11) is 0. The van der Waals surface area contributed by atoms with E-state index >= 15 is 0 Å². The number of halogens is 2. The largest absolute Gasteiger partial charge is 0.481 e. The molecule has 1 rings (SSSR count). The van der Waals surface area contributed by atoms with Crippen LogP contribution in [0, 0.1) is 11.8 Å². The van der Waals surface area contributed by atoms with E-state index in [-0.39, 0.29) is 36.9 Å². The Morgan fingerprint density at radius 1 is 1.31 bits per heavy atom. The Bertz CT molecular complexity index is 549. The Hall–Kier alpha value is -1.78. The number of unbranched alkanes of at least 4 members (excludes halogenated alkanes) is 3. The van der Waals surface area contributed by atoms with Crippen molar-refractivity contribution in [1.29, 1.82) is 0 Å². The molecule has 0 aromatic heterocycles. The smallest absolute Gasteiger partial charge is 0.303 e. The minimum Gasteiger partial charge on any atom is -0.481 e. The highest BCUT2D eigenvalue weighted by atomic mass is 19.3. The Morgan fingerprint density at radius 3 is 2.69 bits per heavy atom. The summed E-state index contributed by atoms with van der Waals surface area (Å²) in [4.78, 5) is 22.6. The van der Waals surface area contributed by atoms with Crippen LogP contribution in [-0.4, -0.2) is 22.8 Å². The normalized spacial score (nSPS) is 21.3. The molecule has 0 aliphatic heterocycles. The minimum absolute atomic E-state index is 0.0362. The predicted molar refractivity (Wildman–Crippen MR) is 99.2 cm³/mol. The fourth-order valence-electron chi connectivity index (χ4n) is 3.18. The van der Waals surface area contributed by atoms with Gasteiger partial charge in [0.1, 0.15) is 5.78 Å². The number of carboxylic acids is 1. The minimum atomic E-state index is -2.85. The first-order valence-corrected chi connectivity index (χ1v) is 9.41. The Balaban J connectivity index is 2.59. The SMILES string of the molecule is C=C1CC(=O)[C@H](C/C=C\CCCC(=O)O)[C@H]1/C=C/C(F)(F)CCCCC. The van der Waals surface area contributed by atoms with Gasteiger partial charge in [-0.1, -0.05) is 50.1 Å². The Kier molecular flexibility index (Phi) is 9.46. The third-order valence-corrected chi connectivity index (χ3v) is 4.70. The zero-order chi connectivity index (χ0) is 19.6. The standard InChI is InChI=1S/C21H30F2O3/c1-3-4-9-13-21(22,23)14-12-17-16(2)15-19(24)18(17)10-7-5-6-8-11-20(25)26/h5,7,12,14,17-18H,2-4,6,8-11,13,15H2,1H3,(H,25,26)/b7-5-,14-12+/t17-,18+/m0/s1. The number of hydrogen-bond acceptors (Lipinski definition) is 2. The summed E-state index contributed by atoms with van der Waals surface area (Å²) >= 11 is 0. The van der Waals surface area contributed by atoms with Gasteiger partial charge in [0.2, 0.25) is 0 Å². The van der Waals surface area contributed by atoms with Crippen molar-refractivity contribution in [3.63, 3.8) is 0 Å². The molecule has 1 saturated carbocycles. The van der Waals surface area contributed by atoms with E-state index in [1.807, 2.05) is 19.1 Å². The number of alkyl halides is 2. The van der Waals surface area contributed by atoms with E-state index in [2.05, 4.69) is 6.58 Å². The number of carboxylic acid groups (broad SMARTS) is 1. The molecule has 26 heavy (non-hydrogen) atoms. The molecular weight excluding hydrogens is 338 g/mol. The van der Waals surface area contributed by atoms with E-state index in [1.54, 1.807) is 0 Å². The van der Waals surface area contributed by atoms with Gasteiger partial charge < -0.3 is 5.11 Å². The molecule has 0 aromatic rings. The molecule has 1 fully saturated rings. The molecule has 2 atom stereocenters. The number of carbonyl (C=O) groups is 2. The molecule has 0 bridgehead atoms. The van der Waals surface area contributed by atoms with Crippen LogP contribution < -0.4 is 0 Å². The first kappa shape index (κ1) is 22.3. The number of rotatable bonds is 12. The molecule has 0 unspecified atom stereocenters. The van der Waals surface area contributed by atoms with Crippen LogP contribution in [0.4, 0.5) is 8.78 Å². The van der Waals surface area contributed by atoms with Gasteiger partial charge in [-0.25, -0.2) is 8.78 Å². The van der Waals surface area contributed by atoms with Crippen molar-refractivity contribution < 1.29 is 23.5 Å². The first-order chi connectivity index (χ1) is 12.3. The maximum Gasteiger partial charge on any atom is 0.303 e. The fourth-order valence-corrected chi connectivity index (χ4v) is 3.18. The number of hydrogen-bond donors (Lipinski definition) is 1. The number of Topliss-reactive ketones (excluding diaryl/α,β-unsaturated/α-hetero) is 1. The van der Waals surface area contributed by atoms with E-state index in [1.165, 1.54) is 6.08 Å². The predicted octanol–water partition coefficient (Wildman–Crippen LogP) is 5.72. The molecule has 0 saturated heterocycles. The van der Waals surface area contributed by atoms with Crippen molar-refractivity contribution in [2.45, 2.75) is 70.6 Å². The average molecular weight is 368 g/mol. The topological polar surface area (TPSA) is 54.4 Å². The second kappa shape index (κ2) is 11.0. The van der Waals surface area contributed by atoms with Crippen molar-refractivity contribution in [1.82, 2.24) is 0 Å². The van der Waals surface area contributed by atoms with Crippen LogP contribution >= 0.6 is 0 Å². The Morgan fingerprint density at radius 2 is 2.04 bits per heavy atom. The average Bonchev–Trinajstić information content (AvgIpc) is 2.82. The van der Waals surface area contributed by atoms with E-state index in [9.17, 15) is 18.4 Å². The van der Waals surface area contributed by atoms with Crippen molar-refractivity contribution in [2.24, 2.45) is 11.8 Å². The van der Waals surface area contributed by atoms with Gasteiger partial charge in [0.05, 0.1) is 0 Å². The summed E-state index contributed by atoms with van der Waals surface area (Å²) in [5.74, 6) is -4.33. The molecule has 146 valence electrons. The van der Waals surface area contributed by atoms with Crippen LogP contribution in [0.25, 0.3) is 0 Å². The van der Waals surface area contributed by atoms with Crippen molar-refractivity contribution in [3.05, 3.63) is 36.5 Å². The number of aliphatic carboxylic acids is 1. The van der Waals surface area contributed by atoms with Gasteiger partial charge in [0.25, 0.3) is 5.92 Å². The van der Waals surface area contributed by atoms with Crippen molar-refractivity contribution >= 4 is 11.8 Å². The molecule has 0 amide bonds. The lowest BCUT2D eigenvalue weighted by Gasteiger charge is -2.16. The summed E-state index contributed by atoms with van der Waals surface area (Å²) in [6.45, 7) is 5.86. The van der Waals surface area contributed by atoms with Crippen LogP contribution in [0.2, 0.25) is 0 Å². The molecule has 0 heterocycles. The van der Waals surface area contributed by atoms with Gasteiger partial charge in [-0.3, -0.25) is 9.59 Å². The molecule has 0 aromatic carbocycles. The van der Waals surface area contributed by atoms with Gasteiger partial charge in [-0.05, 0) is 31.8 Å². The first-order valence-electron chi connectivity index (χ1n) is 9.41. The van der Waals surface area contributed by atoms with E-state index in [0.717, 1.165) is 18.9 Å². The lowest BCUT2D eigenvalue weighted by molar-refractivity contribution is -0.137. The second-order valence-electron chi connectivity index (χ2n) is 7.00. The van der Waals surface area contributed by atoms with Gasteiger partial charge in [0, 0.05) is 31.1 Å². The van der Waals surface area contributed by atoms with Gasteiger partial charge in [-0.15, -0.1) is 0 Å². The molecule has 1 N–H and O–H groups in total. The quantitative estimate of drug-likeness (QED) is 0.354. The monoisotopic (exact) mass is 368 g/mol. The molecule has 1 aliphatic carbocycles. The number of allylic oxidation sites excluding steroid dienone is 5. The maximum atomic E-state index is 13.9. The third-order valence-electron chi connectivity index (χ3n) is 4.70. The fraction of sp³-hybridized carbons (Fsp3) is 0.619. The maximum absolute atomic E-state index is 13.9. The van der Waals surface area contributed by atoms with E-state index in [0.29, 0.717) is 31.3 Å². The number of carbonyl (C=O) groups excluding carboxylic acids is 1. The lowest BCUT2D eigenvalue weighted by Crippen LogP contribution is -2.16. The summed E-state index contributed by atoms with van der Waals surface area (Å²) in [5, 5.41) is 8.59. The lowest BCUT2D eigenvalue weighted by atomic mass is 9.89. The molecular formula is C21H30F2O3. The van der Waals surface area contributed by atoms with Gasteiger partial charge >= 0.3 is 5.97 Å². The van der Waals surface area contributed by atoms with E-state index < -0.39 is 11.9 Å². The Labute approximate surface area is 154 Å². The molecule has 0 spiro atoms. The highest BCUT2D eigenvalue weighted by Gasteiger charge is 2.36. The summed E-state index contributed by atoms with van der Waals surface area (Å²) in [6.07, 6.45) is 10.1. The van der Waals surface area contributed by atoms with Gasteiger partial charge in [-0.2, -0.15) is 0 Å². The summed E-state index contributed by atoms with van der Waals surface area (Å²) < 4.78 is 27.9. The summed E-state index contributed by atoms with van der Waals surface area (Å²) in [5.41, 5.74) is 0.694. The molecule has 3 nitrogen and oxygen atoms in total. The summed E-state index contributed by atoms with van der Waals surface area (Å²) in [6, 6.07) is 0. The third kappa shape index (κ3) is 8.07. The number of ketones is 1. The zero-order valence-corrected chi connectivity index (χ0v) is 15.6.